The number of nitrogens with one attached hydrogen (secondary N) is 1. The number of rotatable bonds is 7. The number of ether oxygens (including phenoxy) is 1. The van der Waals surface area contributed by atoms with E-state index in [4.69, 9.17) is 4.74 Å². The number of thiazole rings is 1. The summed E-state index contributed by atoms with van der Waals surface area (Å²) in [6.45, 7) is 1.59. The van der Waals surface area contributed by atoms with Crippen molar-refractivity contribution >= 4 is 32.4 Å². The van der Waals surface area contributed by atoms with Gasteiger partial charge in [-0.15, -0.1) is 11.3 Å². The number of anilines is 1. The van der Waals surface area contributed by atoms with Gasteiger partial charge in [-0.3, -0.25) is 4.68 Å². The van der Waals surface area contributed by atoms with Crippen LogP contribution < -0.4 is 10.1 Å². The monoisotopic (exact) mass is 392 g/mol. The van der Waals surface area contributed by atoms with Gasteiger partial charge in [0.05, 0.1) is 24.3 Å². The van der Waals surface area contributed by atoms with Crippen LogP contribution in [0, 0.1) is 0 Å². The Hall–Kier alpha value is -1.86. The third-order valence-corrected chi connectivity index (χ3v) is 4.67. The maximum absolute atomic E-state index is 5.16. The number of halogens is 1. The minimum atomic E-state index is 0.740. The van der Waals surface area contributed by atoms with Crippen LogP contribution >= 0.6 is 27.3 Å². The van der Waals surface area contributed by atoms with E-state index in [1.807, 2.05) is 29.2 Å². The quantitative estimate of drug-likeness (QED) is 0.663. The summed E-state index contributed by atoms with van der Waals surface area (Å²) in [5, 5.41) is 8.57. The number of hydrogen-bond acceptors (Lipinski definition) is 5. The minimum Gasteiger partial charge on any atom is -0.497 e. The van der Waals surface area contributed by atoms with E-state index in [0.29, 0.717) is 0 Å². The van der Waals surface area contributed by atoms with Crippen molar-refractivity contribution in [2.45, 2.75) is 13.0 Å². The molecular formula is C16H17BrN4OS. The zero-order valence-corrected chi connectivity index (χ0v) is 15.1. The van der Waals surface area contributed by atoms with Crippen molar-refractivity contribution in [3.63, 3.8) is 0 Å². The molecule has 3 rings (SSSR count). The van der Waals surface area contributed by atoms with Crippen LogP contribution in [0.5, 0.6) is 5.75 Å². The first kappa shape index (κ1) is 16.0. The lowest BCUT2D eigenvalue weighted by Gasteiger charge is -2.04. The molecule has 2 heterocycles. The highest BCUT2D eigenvalue weighted by atomic mass is 79.9. The lowest BCUT2D eigenvalue weighted by molar-refractivity contribution is 0.414. The number of hydrogen-bond donors (Lipinski definition) is 1. The summed E-state index contributed by atoms with van der Waals surface area (Å²) < 4.78 is 8.04. The molecule has 2 aromatic heterocycles. The average molecular weight is 393 g/mol. The first-order valence-electron chi connectivity index (χ1n) is 7.22. The molecule has 0 atom stereocenters. The molecule has 0 radical (unpaired) electrons. The van der Waals surface area contributed by atoms with Crippen molar-refractivity contribution in [3.05, 3.63) is 57.8 Å². The molecular weight excluding hydrogens is 376 g/mol. The van der Waals surface area contributed by atoms with Gasteiger partial charge in [0.25, 0.3) is 0 Å². The van der Waals surface area contributed by atoms with Crippen LogP contribution in [0.25, 0.3) is 0 Å². The lowest BCUT2D eigenvalue weighted by atomic mass is 10.1. The number of benzene rings is 1. The Kier molecular flexibility index (Phi) is 5.30. The fraction of sp³-hybridized carbons (Fsp3) is 0.250. The zero-order chi connectivity index (χ0) is 16.1. The Morgan fingerprint density at radius 3 is 2.78 bits per heavy atom. The van der Waals surface area contributed by atoms with Crippen LogP contribution in [0.3, 0.4) is 0 Å². The Morgan fingerprint density at radius 1 is 1.26 bits per heavy atom. The van der Waals surface area contributed by atoms with Gasteiger partial charge >= 0.3 is 0 Å². The summed E-state index contributed by atoms with van der Waals surface area (Å²) in [6.07, 6.45) is 6.59. The molecule has 0 aliphatic rings. The van der Waals surface area contributed by atoms with Gasteiger partial charge in [0, 0.05) is 23.8 Å². The van der Waals surface area contributed by atoms with Gasteiger partial charge in [0.2, 0.25) is 0 Å². The number of aromatic nitrogens is 3. The van der Waals surface area contributed by atoms with Crippen LogP contribution in [0.2, 0.25) is 0 Å². The summed E-state index contributed by atoms with van der Waals surface area (Å²) in [6, 6.07) is 8.14. The molecule has 0 amide bonds. The lowest BCUT2D eigenvalue weighted by Crippen LogP contribution is -2.04. The second-order valence-electron chi connectivity index (χ2n) is 5.01. The van der Waals surface area contributed by atoms with Gasteiger partial charge in [0.1, 0.15) is 5.75 Å². The third-order valence-electron chi connectivity index (χ3n) is 3.32. The second-order valence-corrected chi connectivity index (χ2v) is 7.04. The van der Waals surface area contributed by atoms with Crippen molar-refractivity contribution < 1.29 is 4.74 Å². The van der Waals surface area contributed by atoms with E-state index >= 15 is 0 Å². The van der Waals surface area contributed by atoms with Crippen molar-refractivity contribution in [1.29, 1.82) is 0 Å². The molecule has 7 heteroatoms. The van der Waals surface area contributed by atoms with Crippen molar-refractivity contribution in [3.8, 4) is 5.75 Å². The van der Waals surface area contributed by atoms with Gasteiger partial charge in [-0.1, -0.05) is 12.1 Å². The standard InChI is InChI=1S/C16H17BrN4OS/c1-22-14-4-2-12(3-5-14)6-7-18-16-19-9-15(23-16)11-21-10-13(17)8-20-21/h2-5,8-10H,6-7,11H2,1H3,(H,18,19). The van der Waals surface area contributed by atoms with E-state index < -0.39 is 0 Å². The molecule has 3 aromatic rings. The molecule has 120 valence electrons. The Morgan fingerprint density at radius 2 is 2.09 bits per heavy atom. The molecule has 0 unspecified atom stereocenters. The molecule has 0 saturated carbocycles. The van der Waals surface area contributed by atoms with Gasteiger partial charge in [-0.05, 0) is 40.0 Å². The van der Waals surface area contributed by atoms with Crippen LogP contribution in [-0.2, 0) is 13.0 Å². The van der Waals surface area contributed by atoms with E-state index in [1.54, 1.807) is 24.6 Å². The van der Waals surface area contributed by atoms with Crippen molar-refractivity contribution in [2.24, 2.45) is 0 Å². The minimum absolute atomic E-state index is 0.740. The molecule has 0 spiro atoms. The van der Waals surface area contributed by atoms with Crippen LogP contribution in [-0.4, -0.2) is 28.4 Å². The Bertz CT molecular complexity index is 754. The van der Waals surface area contributed by atoms with Gasteiger partial charge in [0.15, 0.2) is 5.13 Å². The number of methoxy groups -OCH3 is 1. The smallest absolute Gasteiger partial charge is 0.182 e. The third kappa shape index (κ3) is 4.56. The topological polar surface area (TPSA) is 52.0 Å². The average Bonchev–Trinajstić information content (AvgIpc) is 3.17. The van der Waals surface area contributed by atoms with Gasteiger partial charge < -0.3 is 10.1 Å². The summed E-state index contributed by atoms with van der Waals surface area (Å²) >= 11 is 5.06. The summed E-state index contributed by atoms with van der Waals surface area (Å²) in [5.74, 6) is 0.886. The highest BCUT2D eigenvalue weighted by molar-refractivity contribution is 9.10. The summed E-state index contributed by atoms with van der Waals surface area (Å²) in [5.41, 5.74) is 1.27. The number of nitrogens with zero attached hydrogens (tertiary/aromatic N) is 3. The van der Waals surface area contributed by atoms with Crippen molar-refractivity contribution in [1.82, 2.24) is 14.8 Å². The fourth-order valence-corrected chi connectivity index (χ4v) is 3.31. The van der Waals surface area contributed by atoms with E-state index in [2.05, 4.69) is 43.5 Å². The van der Waals surface area contributed by atoms with E-state index in [9.17, 15) is 0 Å². The first-order valence-corrected chi connectivity index (χ1v) is 8.83. The maximum atomic E-state index is 5.16. The molecule has 0 bridgehead atoms. The molecule has 1 aromatic carbocycles. The molecule has 0 aliphatic carbocycles. The molecule has 0 saturated heterocycles. The van der Waals surface area contributed by atoms with E-state index in [-0.39, 0.29) is 0 Å². The molecule has 0 fully saturated rings. The first-order chi connectivity index (χ1) is 11.2. The van der Waals surface area contributed by atoms with Crippen LogP contribution in [0.1, 0.15) is 10.4 Å². The predicted molar refractivity (Wildman–Crippen MR) is 96.3 cm³/mol. The normalized spacial score (nSPS) is 10.7. The summed E-state index contributed by atoms with van der Waals surface area (Å²) in [4.78, 5) is 5.59. The van der Waals surface area contributed by atoms with Gasteiger partial charge in [-0.2, -0.15) is 5.10 Å². The molecule has 23 heavy (non-hydrogen) atoms. The van der Waals surface area contributed by atoms with E-state index in [0.717, 1.165) is 34.9 Å². The molecule has 5 nitrogen and oxygen atoms in total. The largest absolute Gasteiger partial charge is 0.497 e. The molecule has 1 N–H and O–H groups in total. The molecule has 0 aliphatic heterocycles. The highest BCUT2D eigenvalue weighted by Gasteiger charge is 2.04. The maximum Gasteiger partial charge on any atom is 0.182 e. The Balaban J connectivity index is 1.48. The van der Waals surface area contributed by atoms with Crippen LogP contribution in [0.15, 0.2) is 47.3 Å². The van der Waals surface area contributed by atoms with Gasteiger partial charge in [-0.25, -0.2) is 4.98 Å². The SMILES string of the molecule is COc1ccc(CCNc2ncc(Cn3cc(Br)cn3)s2)cc1. The van der Waals surface area contributed by atoms with E-state index in [1.165, 1.54) is 10.4 Å². The summed E-state index contributed by atoms with van der Waals surface area (Å²) in [7, 11) is 1.68. The fourth-order valence-electron chi connectivity index (χ4n) is 2.15. The zero-order valence-electron chi connectivity index (χ0n) is 12.7. The predicted octanol–water partition coefficient (Wildman–Crippen LogP) is 3.81. The van der Waals surface area contributed by atoms with Crippen LogP contribution in [0.4, 0.5) is 5.13 Å². The van der Waals surface area contributed by atoms with Crippen molar-refractivity contribution in [2.75, 3.05) is 19.0 Å². The second kappa shape index (κ2) is 7.61. The highest BCUT2D eigenvalue weighted by Crippen LogP contribution is 2.20. The Labute approximate surface area is 147 Å².